The molecule has 1 aliphatic rings. The molecular weight excluding hydrogens is 721 g/mol. The van der Waals surface area contributed by atoms with Gasteiger partial charge in [0.15, 0.2) is 0 Å². The number of aryl methyl sites for hydroxylation is 1. The van der Waals surface area contributed by atoms with Crippen LogP contribution in [0.1, 0.15) is 62.8 Å². The van der Waals surface area contributed by atoms with Crippen molar-refractivity contribution < 1.29 is 0 Å². The lowest BCUT2D eigenvalue weighted by atomic mass is 9.86. The van der Waals surface area contributed by atoms with Gasteiger partial charge >= 0.3 is 0 Å². The van der Waals surface area contributed by atoms with Crippen LogP contribution in [0.4, 0.5) is 11.6 Å². The Morgan fingerprint density at radius 2 is 1.46 bits per heavy atom. The molecule has 0 amide bonds. The molecule has 0 fully saturated rings. The predicted octanol–water partition coefficient (Wildman–Crippen LogP) is 10.1. The molecule has 2 aromatic heterocycles. The fourth-order valence-corrected chi connectivity index (χ4v) is 8.05. The summed E-state index contributed by atoms with van der Waals surface area (Å²) in [7, 11) is 0. The molecule has 9 heteroatoms. The minimum Gasteiger partial charge on any atom is -0.308 e. The van der Waals surface area contributed by atoms with Crippen LogP contribution in [0, 0.1) is 0 Å². The number of nitrogens with zero attached hydrogens (tertiary/aromatic N) is 4. The fraction of sp³-hybridized carbons (Fsp3) is 0.188. The minimum atomic E-state index is 0.348. The van der Waals surface area contributed by atoms with E-state index in [9.17, 15) is 0 Å². The number of rotatable bonds is 17. The van der Waals surface area contributed by atoms with E-state index in [2.05, 4.69) is 181 Å². The Morgan fingerprint density at radius 3 is 2.26 bits per heavy atom. The second kappa shape index (κ2) is 19.3. The zero-order valence-electron chi connectivity index (χ0n) is 32.0. The number of hydrogen-bond acceptors (Lipinski definition) is 9. The summed E-state index contributed by atoms with van der Waals surface area (Å²) in [5.41, 5.74) is 21.6. The second-order valence-corrected chi connectivity index (χ2v) is 15.4. The number of hydrazine groups is 1. The van der Waals surface area contributed by atoms with Gasteiger partial charge in [-0.05, 0) is 93.4 Å². The monoisotopic (exact) mass is 768 g/mol. The normalized spacial score (nSPS) is 13.8. The zero-order chi connectivity index (χ0) is 38.5. The van der Waals surface area contributed by atoms with Gasteiger partial charge in [-0.2, -0.15) is 5.10 Å². The van der Waals surface area contributed by atoms with E-state index in [0.29, 0.717) is 18.5 Å². The topological polar surface area (TPSA) is 89.5 Å². The van der Waals surface area contributed by atoms with Crippen molar-refractivity contribution in [2.24, 2.45) is 5.10 Å². The van der Waals surface area contributed by atoms with Gasteiger partial charge in [-0.3, -0.25) is 15.8 Å². The number of hydrogen-bond donors (Lipinski definition) is 4. The first-order valence-corrected chi connectivity index (χ1v) is 20.6. The summed E-state index contributed by atoms with van der Waals surface area (Å²) in [6, 6.07) is 51.7. The molecule has 0 aliphatic heterocycles. The molecule has 4 N–H and O–H groups in total. The lowest BCUT2D eigenvalue weighted by Gasteiger charge is -2.36. The molecule has 0 bridgehead atoms. The van der Waals surface area contributed by atoms with Crippen LogP contribution < -0.4 is 21.6 Å². The van der Waals surface area contributed by atoms with E-state index in [1.807, 2.05) is 18.5 Å². The summed E-state index contributed by atoms with van der Waals surface area (Å²) < 4.78 is 0. The highest BCUT2D eigenvalue weighted by molar-refractivity contribution is 7.09. The number of aromatic nitrogens is 2. The smallest absolute Gasteiger partial charge is 0.237 e. The molecule has 286 valence electrons. The van der Waals surface area contributed by atoms with Crippen LogP contribution in [0.2, 0.25) is 0 Å². The van der Waals surface area contributed by atoms with Crippen molar-refractivity contribution in [1.29, 1.82) is 0 Å². The molecule has 1 aliphatic carbocycles. The Hall–Kier alpha value is -5.97. The summed E-state index contributed by atoms with van der Waals surface area (Å²) in [4.78, 5) is 13.3. The van der Waals surface area contributed by atoms with Crippen molar-refractivity contribution in [3.63, 3.8) is 0 Å². The van der Waals surface area contributed by atoms with Crippen molar-refractivity contribution in [1.82, 2.24) is 25.6 Å². The van der Waals surface area contributed by atoms with Gasteiger partial charge < -0.3 is 5.32 Å². The van der Waals surface area contributed by atoms with Gasteiger partial charge in [0, 0.05) is 49.8 Å². The zero-order valence-corrected chi connectivity index (χ0v) is 32.8. The van der Waals surface area contributed by atoms with Crippen molar-refractivity contribution in [2.45, 2.75) is 58.0 Å². The van der Waals surface area contributed by atoms with Crippen LogP contribution in [-0.2, 0) is 39.1 Å². The van der Waals surface area contributed by atoms with E-state index in [4.69, 9.17) is 4.98 Å². The van der Waals surface area contributed by atoms with Crippen molar-refractivity contribution in [3.05, 3.63) is 201 Å². The number of nitrogens with one attached hydrogen (secondary N) is 4. The summed E-state index contributed by atoms with van der Waals surface area (Å²) >= 11 is 1.78. The Kier molecular flexibility index (Phi) is 12.8. The highest BCUT2D eigenvalue weighted by Gasteiger charge is 2.26. The molecular formula is C48H48N8S. The van der Waals surface area contributed by atoms with Gasteiger partial charge in [-0.1, -0.05) is 121 Å². The number of hydrazone groups is 1. The van der Waals surface area contributed by atoms with Crippen LogP contribution >= 0.6 is 11.3 Å². The molecule has 2 heterocycles. The van der Waals surface area contributed by atoms with Gasteiger partial charge in [0.25, 0.3) is 0 Å². The molecule has 0 saturated carbocycles. The predicted molar refractivity (Wildman–Crippen MR) is 235 cm³/mol. The van der Waals surface area contributed by atoms with E-state index in [1.54, 1.807) is 11.3 Å². The van der Waals surface area contributed by atoms with Crippen molar-refractivity contribution in [2.75, 3.05) is 10.9 Å². The van der Waals surface area contributed by atoms with Gasteiger partial charge in [-0.25, -0.2) is 15.4 Å². The Bertz CT molecular complexity index is 2310. The van der Waals surface area contributed by atoms with Crippen LogP contribution in [-0.4, -0.2) is 21.1 Å². The van der Waals surface area contributed by atoms with Gasteiger partial charge in [0.05, 0.1) is 17.6 Å². The molecule has 5 aromatic carbocycles. The average Bonchev–Trinajstić information content (AvgIpc) is 3.79. The number of benzene rings is 5. The first-order valence-electron chi connectivity index (χ1n) is 19.7. The van der Waals surface area contributed by atoms with Gasteiger partial charge in [-0.15, -0.1) is 11.3 Å². The lowest BCUT2D eigenvalue weighted by molar-refractivity contribution is 0.159. The van der Waals surface area contributed by atoms with E-state index < -0.39 is 0 Å². The molecule has 1 unspecified atom stereocenters. The van der Waals surface area contributed by atoms with Crippen molar-refractivity contribution in [3.8, 4) is 11.1 Å². The van der Waals surface area contributed by atoms with Crippen LogP contribution in [0.25, 0.3) is 11.1 Å². The standard InChI is InChI=1S/C48H48N8S/c1-2-8-39(9-3-1)34-56(47-14-6-11-42-10-4-5-13-46(42)47)35-44-27-28-50-48(53-44)55-52-32-38-17-23-41(24-18-38)40-21-15-37(16-22-40)31-51-54-43-25-19-36(20-26-43)30-49-33-45-12-7-29-57-45/h1-5,7-10,12-13,15-29,31,47,49,52,54H,6,11,14,30,32-35H2,(H,50,53,55)/b51-31+. The highest BCUT2D eigenvalue weighted by Crippen LogP contribution is 2.36. The van der Waals surface area contributed by atoms with Crippen molar-refractivity contribution >= 4 is 29.2 Å². The molecule has 0 radical (unpaired) electrons. The maximum absolute atomic E-state index is 4.91. The first kappa shape index (κ1) is 37.9. The largest absolute Gasteiger partial charge is 0.308 e. The van der Waals surface area contributed by atoms with Gasteiger partial charge in [0.2, 0.25) is 5.95 Å². The SMILES string of the molecule is C(=N\Nc1ccc(CNCc2cccs2)cc1)/c1ccc(-c2ccc(CNNc3nccc(CN(Cc4ccccc4)C4CCCc5ccccc54)n3)cc2)cc1. The van der Waals surface area contributed by atoms with Crippen LogP contribution in [0.5, 0.6) is 0 Å². The molecule has 8 rings (SSSR count). The molecule has 8 nitrogen and oxygen atoms in total. The van der Waals surface area contributed by atoms with Crippen LogP contribution in [0.3, 0.4) is 0 Å². The van der Waals surface area contributed by atoms with Crippen LogP contribution in [0.15, 0.2) is 162 Å². The molecule has 0 spiro atoms. The highest BCUT2D eigenvalue weighted by atomic mass is 32.1. The molecule has 57 heavy (non-hydrogen) atoms. The summed E-state index contributed by atoms with van der Waals surface area (Å²) in [6.07, 6.45) is 7.18. The third kappa shape index (κ3) is 10.7. The molecule has 7 aromatic rings. The third-order valence-corrected chi connectivity index (χ3v) is 11.2. The van der Waals surface area contributed by atoms with E-state index in [0.717, 1.165) is 72.7 Å². The summed E-state index contributed by atoms with van der Waals surface area (Å²) in [5, 5.41) is 10.0. The quantitative estimate of drug-likeness (QED) is 0.0542. The Balaban J connectivity index is 0.809. The summed E-state index contributed by atoms with van der Waals surface area (Å²) in [5.74, 6) is 0.568. The Labute approximate surface area is 339 Å². The lowest BCUT2D eigenvalue weighted by Crippen LogP contribution is -2.31. The number of fused-ring (bicyclic) bond motifs is 1. The maximum Gasteiger partial charge on any atom is 0.237 e. The summed E-state index contributed by atoms with van der Waals surface area (Å²) in [6.45, 7) is 3.96. The molecule has 1 atom stereocenters. The maximum atomic E-state index is 4.91. The average molecular weight is 769 g/mol. The Morgan fingerprint density at radius 1 is 0.702 bits per heavy atom. The minimum absolute atomic E-state index is 0.348. The first-order chi connectivity index (χ1) is 28.2. The number of anilines is 2. The fourth-order valence-electron chi connectivity index (χ4n) is 7.38. The number of thiophene rings is 1. The van der Waals surface area contributed by atoms with E-state index in [-0.39, 0.29) is 0 Å². The molecule has 0 saturated heterocycles. The van der Waals surface area contributed by atoms with E-state index in [1.165, 1.54) is 33.6 Å². The van der Waals surface area contributed by atoms with E-state index >= 15 is 0 Å². The van der Waals surface area contributed by atoms with Gasteiger partial charge in [0.1, 0.15) is 0 Å². The second-order valence-electron chi connectivity index (χ2n) is 14.4. The third-order valence-electron chi connectivity index (χ3n) is 10.3.